The van der Waals surface area contributed by atoms with Gasteiger partial charge in [0.05, 0.1) is 5.52 Å². The number of benzene rings is 1. The number of aromatic nitrogens is 1. The smallest absolute Gasteiger partial charge is 0.0746 e. The maximum atomic E-state index is 4.49. The predicted octanol–water partition coefficient (Wildman–Crippen LogP) is 4.91. The number of nitrogens with zero attached hydrogens (tertiary/aromatic N) is 1. The second-order valence-electron chi connectivity index (χ2n) is 4.73. The van der Waals surface area contributed by atoms with E-state index in [0.717, 1.165) is 12.1 Å². The largest absolute Gasteiger partial charge is 0.305 e. The highest BCUT2D eigenvalue weighted by atomic mass is 79.9. The van der Waals surface area contributed by atoms with Crippen LogP contribution < -0.4 is 5.32 Å². The van der Waals surface area contributed by atoms with E-state index in [1.807, 2.05) is 12.3 Å². The maximum Gasteiger partial charge on any atom is 0.0746 e. The fourth-order valence-corrected chi connectivity index (χ4v) is 4.03. The molecule has 102 valence electrons. The van der Waals surface area contributed by atoms with Gasteiger partial charge in [0.1, 0.15) is 0 Å². The van der Waals surface area contributed by atoms with Gasteiger partial charge in [-0.15, -0.1) is 11.3 Å². The molecule has 20 heavy (non-hydrogen) atoms. The molecule has 0 fully saturated rings. The van der Waals surface area contributed by atoms with Crippen LogP contribution in [0.4, 0.5) is 0 Å². The van der Waals surface area contributed by atoms with Gasteiger partial charge in [0.25, 0.3) is 0 Å². The summed E-state index contributed by atoms with van der Waals surface area (Å²) in [5.74, 6) is 0. The average molecular weight is 347 g/mol. The molecule has 1 N–H and O–H groups in total. The molecule has 2 heterocycles. The highest BCUT2D eigenvalue weighted by molar-refractivity contribution is 9.10. The van der Waals surface area contributed by atoms with Crippen LogP contribution in [0, 0.1) is 0 Å². The maximum absolute atomic E-state index is 4.49. The second kappa shape index (κ2) is 6.04. The monoisotopic (exact) mass is 346 g/mol. The zero-order valence-corrected chi connectivity index (χ0v) is 13.5. The van der Waals surface area contributed by atoms with Gasteiger partial charge in [-0.05, 0) is 45.9 Å². The molecular weight excluding hydrogens is 332 g/mol. The fraction of sp³-hybridized carbons (Fsp3) is 0.188. The van der Waals surface area contributed by atoms with Crippen molar-refractivity contribution in [3.63, 3.8) is 0 Å². The molecule has 1 aromatic carbocycles. The van der Waals surface area contributed by atoms with Crippen molar-refractivity contribution >= 4 is 38.2 Å². The Labute approximate surface area is 131 Å². The normalized spacial score (nSPS) is 12.7. The van der Waals surface area contributed by atoms with E-state index in [2.05, 4.69) is 68.9 Å². The van der Waals surface area contributed by atoms with Crippen LogP contribution in [0.2, 0.25) is 0 Å². The summed E-state index contributed by atoms with van der Waals surface area (Å²) in [7, 11) is 0. The highest BCUT2D eigenvalue weighted by Crippen LogP contribution is 2.29. The van der Waals surface area contributed by atoms with E-state index in [-0.39, 0.29) is 0 Å². The summed E-state index contributed by atoms with van der Waals surface area (Å²) in [6.07, 6.45) is 1.85. The third kappa shape index (κ3) is 2.77. The van der Waals surface area contributed by atoms with Crippen molar-refractivity contribution in [2.24, 2.45) is 0 Å². The Balaban J connectivity index is 1.79. The molecule has 0 spiro atoms. The first-order valence-electron chi connectivity index (χ1n) is 6.54. The number of halogens is 1. The summed E-state index contributed by atoms with van der Waals surface area (Å²) in [5.41, 5.74) is 2.32. The topological polar surface area (TPSA) is 24.9 Å². The van der Waals surface area contributed by atoms with Crippen molar-refractivity contribution in [1.29, 1.82) is 0 Å². The first kappa shape index (κ1) is 13.7. The van der Waals surface area contributed by atoms with Crippen molar-refractivity contribution in [1.82, 2.24) is 10.3 Å². The molecule has 0 aliphatic rings. The standard InChI is InChI=1S/C16H15BrN2S/c1-11(16-14(17)7-9-20-16)19-10-13-5-2-4-12-6-3-8-18-15(12)13/h2-9,11,19H,10H2,1H3. The molecule has 3 rings (SSSR count). The lowest BCUT2D eigenvalue weighted by Gasteiger charge is -2.14. The number of hydrogen-bond donors (Lipinski definition) is 1. The fourth-order valence-electron chi connectivity index (χ4n) is 2.28. The number of rotatable bonds is 4. The van der Waals surface area contributed by atoms with Gasteiger partial charge in [0.15, 0.2) is 0 Å². The number of para-hydroxylation sites is 1. The summed E-state index contributed by atoms with van der Waals surface area (Å²) in [6.45, 7) is 3.01. The van der Waals surface area contributed by atoms with E-state index in [9.17, 15) is 0 Å². The van der Waals surface area contributed by atoms with Crippen molar-refractivity contribution in [3.05, 3.63) is 62.9 Å². The average Bonchev–Trinajstić information content (AvgIpc) is 2.91. The number of fused-ring (bicyclic) bond motifs is 1. The summed E-state index contributed by atoms with van der Waals surface area (Å²) >= 11 is 5.36. The van der Waals surface area contributed by atoms with Crippen molar-refractivity contribution in [2.75, 3.05) is 0 Å². The van der Waals surface area contributed by atoms with E-state index in [1.54, 1.807) is 11.3 Å². The molecule has 0 radical (unpaired) electrons. The summed E-state index contributed by atoms with van der Waals surface area (Å²) in [6, 6.07) is 12.8. The molecule has 1 unspecified atom stereocenters. The molecule has 2 aromatic heterocycles. The molecular formula is C16H15BrN2S. The molecule has 3 aromatic rings. The SMILES string of the molecule is CC(NCc1cccc2cccnc12)c1sccc1Br. The van der Waals surface area contributed by atoms with Crippen LogP contribution in [0.15, 0.2) is 52.4 Å². The van der Waals surface area contributed by atoms with Gasteiger partial charge in [0.2, 0.25) is 0 Å². The lowest BCUT2D eigenvalue weighted by Crippen LogP contribution is -2.17. The minimum Gasteiger partial charge on any atom is -0.305 e. The molecule has 0 saturated carbocycles. The van der Waals surface area contributed by atoms with Crippen molar-refractivity contribution < 1.29 is 0 Å². The van der Waals surface area contributed by atoms with Crippen LogP contribution in [-0.4, -0.2) is 4.98 Å². The van der Waals surface area contributed by atoms with E-state index < -0.39 is 0 Å². The first-order valence-corrected chi connectivity index (χ1v) is 8.22. The Bertz CT molecular complexity index is 718. The summed E-state index contributed by atoms with van der Waals surface area (Å²) < 4.78 is 1.18. The van der Waals surface area contributed by atoms with Crippen LogP contribution in [0.5, 0.6) is 0 Å². The molecule has 4 heteroatoms. The number of hydrogen-bond acceptors (Lipinski definition) is 3. The quantitative estimate of drug-likeness (QED) is 0.725. The number of pyridine rings is 1. The molecule has 0 amide bonds. The Morgan fingerprint density at radius 2 is 2.10 bits per heavy atom. The third-order valence-electron chi connectivity index (χ3n) is 3.35. The van der Waals surface area contributed by atoms with Crippen molar-refractivity contribution in [2.45, 2.75) is 19.5 Å². The molecule has 1 atom stereocenters. The minimum atomic E-state index is 0.323. The lowest BCUT2D eigenvalue weighted by atomic mass is 10.1. The highest BCUT2D eigenvalue weighted by Gasteiger charge is 2.11. The van der Waals surface area contributed by atoms with E-state index in [0.29, 0.717) is 6.04 Å². The molecule has 2 nitrogen and oxygen atoms in total. The van der Waals surface area contributed by atoms with E-state index >= 15 is 0 Å². The first-order chi connectivity index (χ1) is 9.75. The number of thiophene rings is 1. The summed E-state index contributed by atoms with van der Waals surface area (Å²) in [4.78, 5) is 5.82. The lowest BCUT2D eigenvalue weighted by molar-refractivity contribution is 0.583. The third-order valence-corrected chi connectivity index (χ3v) is 5.41. The van der Waals surface area contributed by atoms with E-state index in [1.165, 1.54) is 20.3 Å². The zero-order chi connectivity index (χ0) is 13.9. The van der Waals surface area contributed by atoms with E-state index in [4.69, 9.17) is 0 Å². The van der Waals surface area contributed by atoms with Gasteiger partial charge in [-0.1, -0.05) is 24.3 Å². The van der Waals surface area contributed by atoms with Gasteiger partial charge >= 0.3 is 0 Å². The molecule has 0 saturated heterocycles. The molecule has 0 bridgehead atoms. The van der Waals surface area contributed by atoms with Crippen LogP contribution >= 0.6 is 27.3 Å². The molecule has 0 aliphatic heterocycles. The van der Waals surface area contributed by atoms with Gasteiger partial charge in [-0.2, -0.15) is 0 Å². The summed E-state index contributed by atoms with van der Waals surface area (Å²) in [5, 5.41) is 6.87. The van der Waals surface area contributed by atoms with Gasteiger partial charge in [-0.25, -0.2) is 0 Å². The Morgan fingerprint density at radius 3 is 2.90 bits per heavy atom. The van der Waals surface area contributed by atoms with Crippen molar-refractivity contribution in [3.8, 4) is 0 Å². The Kier molecular flexibility index (Phi) is 4.15. The second-order valence-corrected chi connectivity index (χ2v) is 6.53. The molecule has 0 aliphatic carbocycles. The Hall–Kier alpha value is -1.23. The minimum absolute atomic E-state index is 0.323. The van der Waals surface area contributed by atoms with Crippen LogP contribution in [0.1, 0.15) is 23.4 Å². The number of nitrogens with one attached hydrogen (secondary N) is 1. The van der Waals surface area contributed by atoms with Gasteiger partial charge in [-0.3, -0.25) is 4.98 Å². The van der Waals surface area contributed by atoms with Gasteiger partial charge < -0.3 is 5.32 Å². The van der Waals surface area contributed by atoms with Crippen LogP contribution in [-0.2, 0) is 6.54 Å². The van der Waals surface area contributed by atoms with Gasteiger partial charge in [0, 0.05) is 33.5 Å². The van der Waals surface area contributed by atoms with Crippen LogP contribution in [0.25, 0.3) is 10.9 Å². The zero-order valence-electron chi connectivity index (χ0n) is 11.1. The Morgan fingerprint density at radius 1 is 1.25 bits per heavy atom. The predicted molar refractivity (Wildman–Crippen MR) is 89.0 cm³/mol. The van der Waals surface area contributed by atoms with Crippen LogP contribution in [0.3, 0.4) is 0 Å².